The highest BCUT2D eigenvalue weighted by atomic mass is 16.5. The summed E-state index contributed by atoms with van der Waals surface area (Å²) >= 11 is 0. The van der Waals surface area contributed by atoms with Gasteiger partial charge in [-0.05, 0) is 85.8 Å². The Morgan fingerprint density at radius 2 is 1.77 bits per heavy atom. The Labute approximate surface area is 181 Å². The summed E-state index contributed by atoms with van der Waals surface area (Å²) in [5, 5.41) is 9.44. The maximum atomic E-state index is 12.6. The lowest BCUT2D eigenvalue weighted by Crippen LogP contribution is -2.14. The number of benzene rings is 2. The first-order valence-electron chi connectivity index (χ1n) is 11.5. The number of hydrogen-bond acceptors (Lipinski definition) is 3. The van der Waals surface area contributed by atoms with Gasteiger partial charge in [-0.15, -0.1) is 0 Å². The molecule has 0 atom stereocenters. The maximum absolute atomic E-state index is 12.6. The van der Waals surface area contributed by atoms with Crippen LogP contribution in [0.5, 0.6) is 5.75 Å². The van der Waals surface area contributed by atoms with Crippen molar-refractivity contribution in [1.29, 1.82) is 5.26 Å². The van der Waals surface area contributed by atoms with Crippen LogP contribution in [0.25, 0.3) is 0 Å². The molecule has 0 unspecified atom stereocenters. The Morgan fingerprint density at radius 3 is 2.40 bits per heavy atom. The molecule has 3 heteroatoms. The number of carbonyl (C=O) groups excluding carboxylic acids is 1. The number of ether oxygens (including phenoxy) is 1. The topological polar surface area (TPSA) is 50.1 Å². The quantitative estimate of drug-likeness (QED) is 0.346. The predicted octanol–water partition coefficient (Wildman–Crippen LogP) is 7.19. The number of hydrogen-bond donors (Lipinski definition) is 0. The average Bonchev–Trinajstić information content (AvgIpc) is 2.79. The van der Waals surface area contributed by atoms with Gasteiger partial charge in [-0.3, -0.25) is 0 Å². The molecular formula is C27H33NO2. The Morgan fingerprint density at radius 1 is 1.03 bits per heavy atom. The van der Waals surface area contributed by atoms with E-state index in [9.17, 15) is 10.1 Å². The van der Waals surface area contributed by atoms with Gasteiger partial charge in [0.05, 0.1) is 11.1 Å². The Balaban J connectivity index is 1.62. The lowest BCUT2D eigenvalue weighted by atomic mass is 9.77. The number of rotatable bonds is 8. The lowest BCUT2D eigenvalue weighted by Gasteiger charge is -2.28. The number of carbonyl (C=O) groups is 1. The SMILES string of the molecule is CCCCc1ccc(OC(=O)c2ccc(C3CCC(CCC)CC3)cc2)c(C#N)c1. The van der Waals surface area contributed by atoms with Crippen molar-refractivity contribution in [3.63, 3.8) is 0 Å². The fraction of sp³-hybridized carbons (Fsp3) is 0.481. The zero-order chi connectivity index (χ0) is 21.3. The Bertz CT molecular complexity index is 871. The first-order chi connectivity index (χ1) is 14.6. The van der Waals surface area contributed by atoms with E-state index < -0.39 is 5.97 Å². The second-order valence-corrected chi connectivity index (χ2v) is 8.56. The normalized spacial score (nSPS) is 18.6. The van der Waals surface area contributed by atoms with Crippen LogP contribution >= 0.6 is 0 Å². The van der Waals surface area contributed by atoms with Gasteiger partial charge in [-0.25, -0.2) is 4.79 Å². The van der Waals surface area contributed by atoms with E-state index in [0.29, 0.717) is 22.8 Å². The molecule has 158 valence electrons. The van der Waals surface area contributed by atoms with Crippen LogP contribution in [0.15, 0.2) is 42.5 Å². The number of unbranched alkanes of at least 4 members (excludes halogenated alkanes) is 1. The molecule has 30 heavy (non-hydrogen) atoms. The number of nitriles is 1. The van der Waals surface area contributed by atoms with Crippen LogP contribution in [0.2, 0.25) is 0 Å². The molecule has 3 nitrogen and oxygen atoms in total. The van der Waals surface area contributed by atoms with Gasteiger partial charge in [-0.1, -0.05) is 51.3 Å². The van der Waals surface area contributed by atoms with Crippen molar-refractivity contribution < 1.29 is 9.53 Å². The summed E-state index contributed by atoms with van der Waals surface area (Å²) in [7, 11) is 0. The molecule has 1 aliphatic carbocycles. The molecule has 0 radical (unpaired) electrons. The van der Waals surface area contributed by atoms with E-state index in [0.717, 1.165) is 30.7 Å². The third-order valence-electron chi connectivity index (χ3n) is 6.35. The van der Waals surface area contributed by atoms with Crippen molar-refractivity contribution in [3.05, 3.63) is 64.7 Å². The summed E-state index contributed by atoms with van der Waals surface area (Å²) in [5.41, 5.74) is 3.36. The summed E-state index contributed by atoms with van der Waals surface area (Å²) in [6, 6.07) is 15.5. The van der Waals surface area contributed by atoms with Crippen LogP contribution in [0.4, 0.5) is 0 Å². The molecule has 3 rings (SSSR count). The zero-order valence-electron chi connectivity index (χ0n) is 18.3. The molecular weight excluding hydrogens is 370 g/mol. The number of nitrogens with zero attached hydrogens (tertiary/aromatic N) is 1. The molecule has 0 aliphatic heterocycles. The van der Waals surface area contributed by atoms with Gasteiger partial charge in [-0.2, -0.15) is 5.26 Å². The van der Waals surface area contributed by atoms with Gasteiger partial charge in [0, 0.05) is 0 Å². The van der Waals surface area contributed by atoms with Crippen LogP contribution in [0.1, 0.15) is 98.2 Å². The molecule has 1 fully saturated rings. The van der Waals surface area contributed by atoms with Crippen LogP contribution in [0.3, 0.4) is 0 Å². The number of esters is 1. The molecule has 0 N–H and O–H groups in total. The molecule has 0 amide bonds. The summed E-state index contributed by atoms with van der Waals surface area (Å²) in [6.07, 6.45) is 10.9. The van der Waals surface area contributed by atoms with E-state index in [1.54, 1.807) is 6.07 Å². The Kier molecular flexibility index (Phi) is 8.08. The molecule has 1 aliphatic rings. The third-order valence-corrected chi connectivity index (χ3v) is 6.35. The van der Waals surface area contributed by atoms with E-state index in [1.165, 1.54) is 44.1 Å². The summed E-state index contributed by atoms with van der Waals surface area (Å²) in [5.74, 6) is 1.42. The highest BCUT2D eigenvalue weighted by Crippen LogP contribution is 2.37. The third kappa shape index (κ3) is 5.72. The van der Waals surface area contributed by atoms with Crippen LogP contribution < -0.4 is 4.74 Å². The largest absolute Gasteiger partial charge is 0.422 e. The van der Waals surface area contributed by atoms with Gasteiger partial charge in [0.25, 0.3) is 0 Å². The highest BCUT2D eigenvalue weighted by Gasteiger charge is 2.22. The minimum atomic E-state index is -0.411. The standard InChI is InChI=1S/C27H33NO2/c1-3-5-7-21-10-17-26(25(18-21)19-28)30-27(29)24-15-13-23(14-16-24)22-11-8-20(6-4-2)9-12-22/h10,13-18,20,22H,3-9,11-12H2,1-2H3. The summed E-state index contributed by atoms with van der Waals surface area (Å²) in [4.78, 5) is 12.6. The van der Waals surface area contributed by atoms with Gasteiger partial charge >= 0.3 is 5.97 Å². The molecule has 0 saturated heterocycles. The lowest BCUT2D eigenvalue weighted by molar-refractivity contribution is 0.0734. The summed E-state index contributed by atoms with van der Waals surface area (Å²) in [6.45, 7) is 4.41. The van der Waals surface area contributed by atoms with E-state index in [-0.39, 0.29) is 0 Å². The fourth-order valence-electron chi connectivity index (χ4n) is 4.53. The predicted molar refractivity (Wildman–Crippen MR) is 121 cm³/mol. The van der Waals surface area contributed by atoms with E-state index in [2.05, 4.69) is 32.0 Å². The monoisotopic (exact) mass is 403 g/mol. The first-order valence-corrected chi connectivity index (χ1v) is 11.5. The van der Waals surface area contributed by atoms with Crippen LogP contribution in [-0.4, -0.2) is 5.97 Å². The van der Waals surface area contributed by atoms with Crippen molar-refractivity contribution in [3.8, 4) is 11.8 Å². The van der Waals surface area contributed by atoms with Gasteiger partial charge < -0.3 is 4.74 Å². The zero-order valence-corrected chi connectivity index (χ0v) is 18.3. The van der Waals surface area contributed by atoms with Crippen molar-refractivity contribution >= 4 is 5.97 Å². The van der Waals surface area contributed by atoms with Crippen molar-refractivity contribution in [2.24, 2.45) is 5.92 Å². The second-order valence-electron chi connectivity index (χ2n) is 8.56. The smallest absolute Gasteiger partial charge is 0.343 e. The van der Waals surface area contributed by atoms with Crippen LogP contribution in [0, 0.1) is 17.2 Å². The molecule has 0 bridgehead atoms. The van der Waals surface area contributed by atoms with Gasteiger partial charge in [0.2, 0.25) is 0 Å². The fourth-order valence-corrected chi connectivity index (χ4v) is 4.53. The van der Waals surface area contributed by atoms with E-state index in [4.69, 9.17) is 4.74 Å². The second kappa shape index (κ2) is 11.0. The first kappa shape index (κ1) is 22.1. The van der Waals surface area contributed by atoms with Crippen molar-refractivity contribution in [2.75, 3.05) is 0 Å². The molecule has 2 aromatic carbocycles. The van der Waals surface area contributed by atoms with E-state index in [1.807, 2.05) is 24.3 Å². The van der Waals surface area contributed by atoms with Gasteiger partial charge in [0.1, 0.15) is 11.8 Å². The van der Waals surface area contributed by atoms with Crippen molar-refractivity contribution in [1.82, 2.24) is 0 Å². The minimum Gasteiger partial charge on any atom is -0.422 e. The minimum absolute atomic E-state index is 0.334. The highest BCUT2D eigenvalue weighted by molar-refractivity contribution is 5.91. The Hall–Kier alpha value is -2.60. The van der Waals surface area contributed by atoms with E-state index >= 15 is 0 Å². The number of aryl methyl sites for hydroxylation is 1. The van der Waals surface area contributed by atoms with Crippen LogP contribution in [-0.2, 0) is 6.42 Å². The maximum Gasteiger partial charge on any atom is 0.343 e. The van der Waals surface area contributed by atoms with Gasteiger partial charge in [0.15, 0.2) is 0 Å². The van der Waals surface area contributed by atoms with Crippen molar-refractivity contribution in [2.45, 2.75) is 77.6 Å². The summed E-state index contributed by atoms with van der Waals surface area (Å²) < 4.78 is 5.55. The molecule has 1 saturated carbocycles. The molecule has 0 heterocycles. The molecule has 0 spiro atoms. The molecule has 2 aromatic rings. The average molecular weight is 404 g/mol. The molecule has 0 aromatic heterocycles.